The Hall–Kier alpha value is -2.27. The van der Waals surface area contributed by atoms with Crippen molar-refractivity contribution in [2.45, 2.75) is 32.5 Å². The molecule has 0 saturated carbocycles. The van der Waals surface area contributed by atoms with Crippen LogP contribution in [0.4, 0.5) is 0 Å². The molecule has 30 heavy (non-hydrogen) atoms. The Kier molecular flexibility index (Phi) is 9.95. The second-order valence-corrected chi connectivity index (χ2v) is 6.85. The number of rotatable bonds is 8. The smallest absolute Gasteiger partial charge is 0.239 e. The van der Waals surface area contributed by atoms with E-state index in [0.717, 1.165) is 29.9 Å². The first kappa shape index (κ1) is 24.0. The van der Waals surface area contributed by atoms with Crippen molar-refractivity contribution in [3.63, 3.8) is 0 Å². The molecule has 1 fully saturated rings. The molecule has 1 unspecified atom stereocenters. The third-order valence-corrected chi connectivity index (χ3v) is 4.53. The number of benzene rings is 1. The molecule has 3 rings (SSSR count). The summed E-state index contributed by atoms with van der Waals surface area (Å²) in [6, 6.07) is 9.72. The number of guanidine groups is 1. The number of aryl methyl sites for hydroxylation is 1. The molecule has 1 aromatic carbocycles. The van der Waals surface area contributed by atoms with Crippen molar-refractivity contribution in [1.82, 2.24) is 16.0 Å². The zero-order valence-electron chi connectivity index (χ0n) is 17.3. The summed E-state index contributed by atoms with van der Waals surface area (Å²) in [5.74, 6) is 1.94. The van der Waals surface area contributed by atoms with E-state index in [1.165, 1.54) is 0 Å². The van der Waals surface area contributed by atoms with Gasteiger partial charge < -0.3 is 29.8 Å². The van der Waals surface area contributed by atoms with Crippen LogP contribution in [0.2, 0.25) is 0 Å². The standard InChI is InChI=1S/C21H28N4O4.HI/c1-15-5-6-16(19(10-15)29-18-7-9-27-14-18)11-24-21(22-2)25-13-20(26)23-12-17-4-3-8-28-17;/h3-6,8,10,18H,7,9,11-14H2,1-2H3,(H,23,26)(H2,22,24,25);1H. The average molecular weight is 528 g/mol. The lowest BCUT2D eigenvalue weighted by Gasteiger charge is -2.18. The van der Waals surface area contributed by atoms with E-state index in [1.54, 1.807) is 19.4 Å². The molecule has 164 valence electrons. The van der Waals surface area contributed by atoms with E-state index in [4.69, 9.17) is 13.9 Å². The van der Waals surface area contributed by atoms with Crippen molar-refractivity contribution in [2.24, 2.45) is 4.99 Å². The number of carbonyl (C=O) groups is 1. The third-order valence-electron chi connectivity index (χ3n) is 4.53. The Bertz CT molecular complexity index is 820. The van der Waals surface area contributed by atoms with Crippen molar-refractivity contribution in [1.29, 1.82) is 0 Å². The molecule has 2 aromatic rings. The molecular formula is C21H29IN4O4. The number of nitrogens with zero attached hydrogens (tertiary/aromatic N) is 1. The Balaban J connectivity index is 0.00000320. The normalized spacial score (nSPS) is 15.9. The molecule has 3 N–H and O–H groups in total. The highest BCUT2D eigenvalue weighted by molar-refractivity contribution is 14.0. The molecule has 1 saturated heterocycles. The largest absolute Gasteiger partial charge is 0.488 e. The molecule has 0 radical (unpaired) electrons. The van der Waals surface area contributed by atoms with Crippen LogP contribution in [0.1, 0.15) is 23.3 Å². The van der Waals surface area contributed by atoms with Crippen molar-refractivity contribution >= 4 is 35.8 Å². The van der Waals surface area contributed by atoms with Crippen LogP contribution in [0, 0.1) is 6.92 Å². The highest BCUT2D eigenvalue weighted by atomic mass is 127. The number of hydrogen-bond acceptors (Lipinski definition) is 5. The van der Waals surface area contributed by atoms with E-state index in [2.05, 4.69) is 20.9 Å². The van der Waals surface area contributed by atoms with Gasteiger partial charge in [-0.1, -0.05) is 12.1 Å². The van der Waals surface area contributed by atoms with Gasteiger partial charge in [-0.25, -0.2) is 0 Å². The van der Waals surface area contributed by atoms with Gasteiger partial charge >= 0.3 is 0 Å². The summed E-state index contributed by atoms with van der Waals surface area (Å²) in [5.41, 5.74) is 2.16. The monoisotopic (exact) mass is 528 g/mol. The third kappa shape index (κ3) is 7.52. The first-order chi connectivity index (χ1) is 14.1. The molecule has 1 aromatic heterocycles. The summed E-state index contributed by atoms with van der Waals surface area (Å²) < 4.78 is 16.7. The van der Waals surface area contributed by atoms with Gasteiger partial charge in [-0.2, -0.15) is 0 Å². The van der Waals surface area contributed by atoms with Crippen LogP contribution in [0.3, 0.4) is 0 Å². The number of halogens is 1. The summed E-state index contributed by atoms with van der Waals surface area (Å²) in [6.45, 7) is 4.39. The second-order valence-electron chi connectivity index (χ2n) is 6.85. The highest BCUT2D eigenvalue weighted by Crippen LogP contribution is 2.23. The fraction of sp³-hybridized carbons (Fsp3) is 0.429. The average Bonchev–Trinajstić information content (AvgIpc) is 3.42. The molecule has 9 heteroatoms. The SMILES string of the molecule is CN=C(NCC(=O)NCc1ccco1)NCc1ccc(C)cc1OC1CCOC1.I. The summed E-state index contributed by atoms with van der Waals surface area (Å²) in [7, 11) is 1.67. The summed E-state index contributed by atoms with van der Waals surface area (Å²) >= 11 is 0. The van der Waals surface area contributed by atoms with Gasteiger partial charge in [0.05, 0.1) is 32.6 Å². The predicted octanol–water partition coefficient (Wildman–Crippen LogP) is 2.36. The quantitative estimate of drug-likeness (QED) is 0.277. The van der Waals surface area contributed by atoms with Crippen LogP contribution >= 0.6 is 24.0 Å². The van der Waals surface area contributed by atoms with Crippen LogP contribution < -0.4 is 20.7 Å². The minimum Gasteiger partial charge on any atom is -0.488 e. The first-order valence-electron chi connectivity index (χ1n) is 9.71. The maximum absolute atomic E-state index is 12.0. The lowest BCUT2D eigenvalue weighted by Crippen LogP contribution is -2.42. The maximum atomic E-state index is 12.0. The zero-order valence-corrected chi connectivity index (χ0v) is 19.6. The fourth-order valence-corrected chi connectivity index (χ4v) is 2.93. The van der Waals surface area contributed by atoms with Crippen LogP contribution in [0.15, 0.2) is 46.0 Å². The van der Waals surface area contributed by atoms with Crippen molar-refractivity contribution < 1.29 is 18.7 Å². The van der Waals surface area contributed by atoms with E-state index >= 15 is 0 Å². The number of amides is 1. The van der Waals surface area contributed by atoms with Crippen LogP contribution in [-0.4, -0.2) is 44.8 Å². The van der Waals surface area contributed by atoms with Crippen LogP contribution in [0.25, 0.3) is 0 Å². The number of aliphatic imine (C=N–C) groups is 1. The van der Waals surface area contributed by atoms with Crippen molar-refractivity contribution in [2.75, 3.05) is 26.8 Å². The van der Waals surface area contributed by atoms with Gasteiger partial charge in [-0.15, -0.1) is 24.0 Å². The fourth-order valence-electron chi connectivity index (χ4n) is 2.93. The van der Waals surface area contributed by atoms with Gasteiger partial charge in [0.1, 0.15) is 17.6 Å². The second kappa shape index (κ2) is 12.4. The molecule has 1 aliphatic heterocycles. The van der Waals surface area contributed by atoms with Gasteiger partial charge in [0.2, 0.25) is 5.91 Å². The summed E-state index contributed by atoms with van der Waals surface area (Å²) in [5, 5.41) is 9.02. The Morgan fingerprint density at radius 1 is 1.23 bits per heavy atom. The molecular weight excluding hydrogens is 499 g/mol. The van der Waals surface area contributed by atoms with Crippen LogP contribution in [0.5, 0.6) is 5.75 Å². The van der Waals surface area contributed by atoms with E-state index in [9.17, 15) is 4.79 Å². The van der Waals surface area contributed by atoms with Gasteiger partial charge in [-0.3, -0.25) is 9.79 Å². The lowest BCUT2D eigenvalue weighted by molar-refractivity contribution is -0.120. The number of furan rings is 1. The first-order valence-corrected chi connectivity index (χ1v) is 9.71. The van der Waals surface area contributed by atoms with E-state index < -0.39 is 0 Å². The zero-order chi connectivity index (χ0) is 20.5. The number of carbonyl (C=O) groups excluding carboxylic acids is 1. The van der Waals surface area contributed by atoms with Crippen molar-refractivity contribution in [3.05, 3.63) is 53.5 Å². The number of nitrogens with one attached hydrogen (secondary N) is 3. The van der Waals surface area contributed by atoms with Gasteiger partial charge in [0.25, 0.3) is 0 Å². The molecule has 2 heterocycles. The van der Waals surface area contributed by atoms with E-state index in [-0.39, 0.29) is 42.5 Å². The summed E-state index contributed by atoms with van der Waals surface area (Å²) in [4.78, 5) is 16.2. The minimum absolute atomic E-state index is 0. The Morgan fingerprint density at radius 3 is 2.80 bits per heavy atom. The van der Waals surface area contributed by atoms with E-state index in [1.807, 2.05) is 31.2 Å². The molecule has 0 bridgehead atoms. The van der Waals surface area contributed by atoms with Gasteiger partial charge in [-0.05, 0) is 30.7 Å². The summed E-state index contributed by atoms with van der Waals surface area (Å²) in [6.07, 6.45) is 2.57. The van der Waals surface area contributed by atoms with Crippen LogP contribution in [-0.2, 0) is 22.6 Å². The molecule has 8 nitrogen and oxygen atoms in total. The predicted molar refractivity (Wildman–Crippen MR) is 125 cm³/mol. The molecule has 1 amide bonds. The Morgan fingerprint density at radius 2 is 2.10 bits per heavy atom. The van der Waals surface area contributed by atoms with Crippen molar-refractivity contribution in [3.8, 4) is 5.75 Å². The number of ether oxygens (including phenoxy) is 2. The maximum Gasteiger partial charge on any atom is 0.239 e. The molecule has 0 spiro atoms. The molecule has 0 aliphatic carbocycles. The highest BCUT2D eigenvalue weighted by Gasteiger charge is 2.18. The lowest BCUT2D eigenvalue weighted by atomic mass is 10.1. The van der Waals surface area contributed by atoms with E-state index in [0.29, 0.717) is 31.4 Å². The minimum atomic E-state index is -0.148. The Labute approximate surface area is 193 Å². The molecule has 1 atom stereocenters. The van der Waals surface area contributed by atoms with Gasteiger partial charge in [0.15, 0.2) is 5.96 Å². The topological polar surface area (TPSA) is 97.1 Å². The van der Waals surface area contributed by atoms with Gasteiger partial charge in [0, 0.05) is 25.6 Å². The molecule has 1 aliphatic rings. The number of hydrogen-bond donors (Lipinski definition) is 3.